The Morgan fingerprint density at radius 3 is 2.83 bits per heavy atom. The average molecular weight is 343 g/mol. The summed E-state index contributed by atoms with van der Waals surface area (Å²) in [6.45, 7) is 4.38. The van der Waals surface area contributed by atoms with E-state index >= 15 is 0 Å². The lowest BCUT2D eigenvalue weighted by Crippen LogP contribution is -2.47. The van der Waals surface area contributed by atoms with Gasteiger partial charge in [-0.3, -0.25) is 0 Å². The number of fused-ring (bicyclic) bond motifs is 1. The summed E-state index contributed by atoms with van der Waals surface area (Å²) < 4.78 is 36.6. The van der Waals surface area contributed by atoms with Crippen molar-refractivity contribution in [1.82, 2.24) is 23.8 Å². The van der Waals surface area contributed by atoms with E-state index in [1.807, 2.05) is 0 Å². The molecule has 3 heterocycles. The van der Waals surface area contributed by atoms with Crippen molar-refractivity contribution in [1.29, 1.82) is 0 Å². The summed E-state index contributed by atoms with van der Waals surface area (Å²) in [6, 6.07) is -0.316. The van der Waals surface area contributed by atoms with Crippen molar-refractivity contribution < 1.29 is 13.2 Å². The Balaban J connectivity index is 1.75. The molecule has 1 saturated heterocycles. The van der Waals surface area contributed by atoms with Gasteiger partial charge in [-0.05, 0) is 31.6 Å². The van der Waals surface area contributed by atoms with Crippen LogP contribution in [0, 0.1) is 5.92 Å². The van der Waals surface area contributed by atoms with Crippen molar-refractivity contribution in [3.05, 3.63) is 11.6 Å². The quantitative estimate of drug-likeness (QED) is 0.855. The highest BCUT2D eigenvalue weighted by molar-refractivity contribution is 7.87. The Morgan fingerprint density at radius 1 is 1.30 bits per heavy atom. The van der Waals surface area contributed by atoms with Crippen LogP contribution in [-0.2, 0) is 28.1 Å². The van der Waals surface area contributed by atoms with Gasteiger partial charge in [0, 0.05) is 26.7 Å². The highest BCUT2D eigenvalue weighted by atomic mass is 32.2. The fraction of sp³-hybridized carbons (Fsp3) is 0.857. The van der Waals surface area contributed by atoms with Gasteiger partial charge in [0.15, 0.2) is 5.82 Å². The molecule has 1 aromatic rings. The number of hydrogen-bond acceptors (Lipinski definition) is 5. The number of nitrogens with zero attached hydrogens (tertiary/aromatic N) is 4. The first-order valence-electron chi connectivity index (χ1n) is 8.19. The number of nitrogens with one attached hydrogen (secondary N) is 1. The topological polar surface area (TPSA) is 89.3 Å². The van der Waals surface area contributed by atoms with Crippen LogP contribution in [0.4, 0.5) is 0 Å². The summed E-state index contributed by atoms with van der Waals surface area (Å²) in [6.07, 6.45) is 3.63. The average Bonchev–Trinajstić information content (AvgIpc) is 2.91. The molecule has 0 bridgehead atoms. The minimum absolute atomic E-state index is 0.316. The van der Waals surface area contributed by atoms with Gasteiger partial charge in [-0.15, -0.1) is 0 Å². The fourth-order valence-electron chi connectivity index (χ4n) is 3.32. The third-order valence-corrected chi connectivity index (χ3v) is 6.04. The lowest BCUT2D eigenvalue weighted by atomic mass is 10.0. The van der Waals surface area contributed by atoms with Crippen molar-refractivity contribution >= 4 is 10.2 Å². The van der Waals surface area contributed by atoms with Gasteiger partial charge in [-0.2, -0.15) is 22.5 Å². The smallest absolute Gasteiger partial charge is 0.280 e. The predicted molar refractivity (Wildman–Crippen MR) is 84.7 cm³/mol. The number of aryl methyl sites for hydroxylation is 1. The molecule has 1 fully saturated rings. The maximum absolute atomic E-state index is 12.7. The molecule has 0 aliphatic carbocycles. The molecule has 130 valence electrons. The van der Waals surface area contributed by atoms with Crippen LogP contribution < -0.4 is 4.72 Å². The second kappa shape index (κ2) is 6.84. The van der Waals surface area contributed by atoms with E-state index in [-0.39, 0.29) is 6.04 Å². The zero-order valence-corrected chi connectivity index (χ0v) is 14.5. The highest BCUT2D eigenvalue weighted by Crippen LogP contribution is 2.26. The van der Waals surface area contributed by atoms with Crippen molar-refractivity contribution in [2.45, 2.75) is 51.8 Å². The van der Waals surface area contributed by atoms with Crippen molar-refractivity contribution in [2.75, 3.05) is 20.2 Å². The molecular formula is C14H25N5O3S. The molecule has 2 aliphatic heterocycles. The Hall–Kier alpha value is -1.03. The number of rotatable bonds is 5. The van der Waals surface area contributed by atoms with Crippen LogP contribution in [0.2, 0.25) is 0 Å². The molecule has 9 heteroatoms. The van der Waals surface area contributed by atoms with Crippen molar-refractivity contribution in [3.8, 4) is 0 Å². The number of aromatic nitrogens is 3. The Bertz CT molecular complexity index is 645. The largest absolute Gasteiger partial charge is 0.377 e. The first kappa shape index (κ1) is 16.8. The highest BCUT2D eigenvalue weighted by Gasteiger charge is 2.33. The van der Waals surface area contributed by atoms with Crippen LogP contribution in [0.5, 0.6) is 0 Å². The molecule has 0 saturated carbocycles. The van der Waals surface area contributed by atoms with E-state index in [1.54, 1.807) is 16.1 Å². The van der Waals surface area contributed by atoms with E-state index in [0.717, 1.165) is 32.2 Å². The monoisotopic (exact) mass is 343 g/mol. The summed E-state index contributed by atoms with van der Waals surface area (Å²) in [7, 11) is -1.90. The molecule has 0 unspecified atom stereocenters. The third kappa shape index (κ3) is 3.73. The summed E-state index contributed by atoms with van der Waals surface area (Å²) in [5.74, 6) is 1.70. The second-order valence-electron chi connectivity index (χ2n) is 6.47. The van der Waals surface area contributed by atoms with Crippen LogP contribution in [0.15, 0.2) is 0 Å². The van der Waals surface area contributed by atoms with Crippen LogP contribution in [0.1, 0.15) is 50.3 Å². The van der Waals surface area contributed by atoms with E-state index in [2.05, 4.69) is 21.7 Å². The Labute approximate surface area is 137 Å². The number of methoxy groups -OCH3 is 1. The Kier molecular flexibility index (Phi) is 5.00. The van der Waals surface area contributed by atoms with Gasteiger partial charge in [-0.25, -0.2) is 9.67 Å². The van der Waals surface area contributed by atoms with E-state index in [1.165, 1.54) is 0 Å². The lowest BCUT2D eigenvalue weighted by molar-refractivity contribution is 0.177. The van der Waals surface area contributed by atoms with Gasteiger partial charge in [0.1, 0.15) is 12.4 Å². The minimum atomic E-state index is -3.49. The molecule has 1 aromatic heterocycles. The zero-order valence-electron chi connectivity index (χ0n) is 13.7. The van der Waals surface area contributed by atoms with E-state index < -0.39 is 10.2 Å². The lowest BCUT2D eigenvalue weighted by Gasteiger charge is -2.32. The molecule has 1 N–H and O–H groups in total. The van der Waals surface area contributed by atoms with Gasteiger partial charge in [0.25, 0.3) is 10.2 Å². The van der Waals surface area contributed by atoms with Crippen molar-refractivity contribution in [2.24, 2.45) is 5.92 Å². The van der Waals surface area contributed by atoms with Gasteiger partial charge in [-0.1, -0.05) is 6.92 Å². The maximum Gasteiger partial charge on any atom is 0.280 e. The molecule has 23 heavy (non-hydrogen) atoms. The zero-order chi connectivity index (χ0) is 16.4. The Morgan fingerprint density at radius 2 is 2.09 bits per heavy atom. The normalized spacial score (nSPS) is 26.2. The second-order valence-corrected chi connectivity index (χ2v) is 8.17. The SMILES string of the molecule is COCc1nc2n(n1)CCC[C@H]2NS(=O)(=O)N1CCC[C@@H](C)C1. The molecule has 0 aromatic carbocycles. The molecule has 3 rings (SSSR count). The molecule has 0 amide bonds. The summed E-state index contributed by atoms with van der Waals surface area (Å²) in [5, 5.41) is 4.38. The van der Waals surface area contributed by atoms with Crippen molar-refractivity contribution in [3.63, 3.8) is 0 Å². The first-order valence-corrected chi connectivity index (χ1v) is 9.63. The standard InChI is InChI=1S/C14H25N5O3S/c1-11-5-3-7-18(9-11)23(20,21)17-12-6-4-8-19-14(12)15-13(16-19)10-22-2/h11-12,17H,3-10H2,1-2H3/t11-,12-/m1/s1. The molecule has 2 aliphatic rings. The fourth-order valence-corrected chi connectivity index (χ4v) is 4.87. The minimum Gasteiger partial charge on any atom is -0.377 e. The number of ether oxygens (including phenoxy) is 1. The van der Waals surface area contributed by atoms with E-state index in [0.29, 0.717) is 37.3 Å². The van der Waals surface area contributed by atoms with Crippen LogP contribution in [0.25, 0.3) is 0 Å². The van der Waals surface area contributed by atoms with E-state index in [4.69, 9.17) is 4.74 Å². The molecule has 8 nitrogen and oxygen atoms in total. The van der Waals surface area contributed by atoms with Gasteiger partial charge in [0.05, 0.1) is 6.04 Å². The summed E-state index contributed by atoms with van der Waals surface area (Å²) >= 11 is 0. The van der Waals surface area contributed by atoms with Crippen LogP contribution in [-0.4, -0.2) is 47.7 Å². The number of piperidine rings is 1. The van der Waals surface area contributed by atoms with Crippen LogP contribution >= 0.6 is 0 Å². The molecule has 0 radical (unpaired) electrons. The predicted octanol–water partition coefficient (Wildman–Crippen LogP) is 0.826. The van der Waals surface area contributed by atoms with Gasteiger partial charge >= 0.3 is 0 Å². The first-order chi connectivity index (χ1) is 11.0. The maximum atomic E-state index is 12.7. The summed E-state index contributed by atoms with van der Waals surface area (Å²) in [5.41, 5.74) is 0. The molecule has 0 spiro atoms. The van der Waals surface area contributed by atoms with Crippen LogP contribution in [0.3, 0.4) is 0 Å². The van der Waals surface area contributed by atoms with E-state index in [9.17, 15) is 8.42 Å². The molecular weight excluding hydrogens is 318 g/mol. The van der Waals surface area contributed by atoms with Gasteiger partial charge < -0.3 is 4.74 Å². The summed E-state index contributed by atoms with van der Waals surface area (Å²) in [4.78, 5) is 4.45. The molecule has 2 atom stereocenters. The number of hydrogen-bond donors (Lipinski definition) is 1. The third-order valence-electron chi connectivity index (χ3n) is 4.44. The van der Waals surface area contributed by atoms with Gasteiger partial charge in [0.2, 0.25) is 0 Å².